The molecule has 0 aromatic rings. The first kappa shape index (κ1) is 15.3. The van der Waals surface area contributed by atoms with E-state index in [-0.39, 0.29) is 0 Å². The van der Waals surface area contributed by atoms with Gasteiger partial charge in [-0.2, -0.15) is 0 Å². The van der Waals surface area contributed by atoms with Crippen molar-refractivity contribution in [3.8, 4) is 0 Å². The molecule has 1 saturated heterocycles. The number of nitrogens with zero attached hydrogens (tertiary/aromatic N) is 2. The smallest absolute Gasteiger partial charge is 0.0320 e. The highest BCUT2D eigenvalue weighted by atomic mass is 15.1. The standard InChI is InChI=1S/C17H29N3/c1-18-16-10-12-20(13-11-16)14-15-6-4-8-17(19(2)3)9-5-7-15/h4,7-9,16,18H,5-6,10-14H2,1-3H3/b8-4-,15-7+,17-9?. The van der Waals surface area contributed by atoms with Crippen molar-refractivity contribution in [2.24, 2.45) is 0 Å². The molecule has 1 aliphatic heterocycles. The van der Waals surface area contributed by atoms with Gasteiger partial charge in [-0.1, -0.05) is 23.8 Å². The average molecular weight is 275 g/mol. The third-order valence-electron chi connectivity index (χ3n) is 4.34. The van der Waals surface area contributed by atoms with Gasteiger partial charge in [-0.15, -0.1) is 0 Å². The molecular weight excluding hydrogens is 246 g/mol. The predicted octanol–water partition coefficient (Wildman–Crippen LogP) is 2.39. The van der Waals surface area contributed by atoms with Crippen LogP contribution in [0.4, 0.5) is 0 Å². The third-order valence-corrected chi connectivity index (χ3v) is 4.34. The van der Waals surface area contributed by atoms with Gasteiger partial charge < -0.3 is 10.2 Å². The lowest BCUT2D eigenvalue weighted by Gasteiger charge is -2.32. The molecule has 1 N–H and O–H groups in total. The van der Waals surface area contributed by atoms with Gasteiger partial charge >= 0.3 is 0 Å². The second-order valence-corrected chi connectivity index (χ2v) is 6.07. The molecule has 0 bridgehead atoms. The van der Waals surface area contributed by atoms with Gasteiger partial charge in [0.1, 0.15) is 0 Å². The molecule has 1 heterocycles. The molecular formula is C17H29N3. The summed E-state index contributed by atoms with van der Waals surface area (Å²) in [5.74, 6) is 0. The van der Waals surface area contributed by atoms with Crippen LogP contribution in [0.5, 0.6) is 0 Å². The number of rotatable bonds is 4. The van der Waals surface area contributed by atoms with Crippen LogP contribution < -0.4 is 5.32 Å². The molecule has 0 atom stereocenters. The summed E-state index contributed by atoms with van der Waals surface area (Å²) in [6.07, 6.45) is 14.0. The van der Waals surface area contributed by atoms with Crippen LogP contribution in [-0.4, -0.2) is 56.6 Å². The molecule has 112 valence electrons. The van der Waals surface area contributed by atoms with E-state index in [0.717, 1.165) is 25.4 Å². The van der Waals surface area contributed by atoms with Crippen molar-refractivity contribution < 1.29 is 0 Å². The van der Waals surface area contributed by atoms with Crippen molar-refractivity contribution in [3.63, 3.8) is 0 Å². The SMILES string of the molecule is CNC1CCN(C/C2=C/CC=C(N(C)C)/C=C\C2)CC1. The van der Waals surface area contributed by atoms with Crippen molar-refractivity contribution in [1.29, 1.82) is 0 Å². The summed E-state index contributed by atoms with van der Waals surface area (Å²) in [4.78, 5) is 4.78. The molecule has 3 heteroatoms. The number of hydrogen-bond donors (Lipinski definition) is 1. The highest BCUT2D eigenvalue weighted by molar-refractivity contribution is 5.24. The fraction of sp³-hybridized carbons (Fsp3) is 0.647. The lowest BCUT2D eigenvalue weighted by Crippen LogP contribution is -2.41. The van der Waals surface area contributed by atoms with Gasteiger partial charge in [-0.3, -0.25) is 4.90 Å². The highest BCUT2D eigenvalue weighted by Gasteiger charge is 2.18. The Morgan fingerprint density at radius 3 is 2.65 bits per heavy atom. The summed E-state index contributed by atoms with van der Waals surface area (Å²) in [5.41, 5.74) is 2.88. The molecule has 2 rings (SSSR count). The molecule has 3 nitrogen and oxygen atoms in total. The van der Waals surface area contributed by atoms with E-state index < -0.39 is 0 Å². The molecule has 0 unspecified atom stereocenters. The average Bonchev–Trinajstić information content (AvgIpc) is 2.42. The molecule has 0 saturated carbocycles. The molecule has 20 heavy (non-hydrogen) atoms. The summed E-state index contributed by atoms with van der Waals surface area (Å²) >= 11 is 0. The Bertz CT molecular complexity index is 385. The van der Waals surface area contributed by atoms with Crippen LogP contribution in [0.2, 0.25) is 0 Å². The maximum absolute atomic E-state index is 3.40. The Kier molecular flexibility index (Phi) is 5.86. The van der Waals surface area contributed by atoms with Gasteiger partial charge in [0.25, 0.3) is 0 Å². The van der Waals surface area contributed by atoms with Crippen LogP contribution in [0.15, 0.2) is 35.6 Å². The quantitative estimate of drug-likeness (QED) is 0.795. The number of likely N-dealkylation sites (tertiary alicyclic amines) is 1. The molecule has 1 fully saturated rings. The monoisotopic (exact) mass is 275 g/mol. The van der Waals surface area contributed by atoms with Gasteiger partial charge in [0, 0.05) is 32.4 Å². The van der Waals surface area contributed by atoms with Gasteiger partial charge in [-0.05, 0) is 51.9 Å². The van der Waals surface area contributed by atoms with Crippen LogP contribution in [0.1, 0.15) is 25.7 Å². The minimum atomic E-state index is 0.725. The Hall–Kier alpha value is -1.06. The second kappa shape index (κ2) is 7.65. The van der Waals surface area contributed by atoms with Crippen molar-refractivity contribution in [2.75, 3.05) is 40.8 Å². The lowest BCUT2D eigenvalue weighted by atomic mass is 10.0. The van der Waals surface area contributed by atoms with Crippen LogP contribution in [0.3, 0.4) is 0 Å². The highest BCUT2D eigenvalue weighted by Crippen LogP contribution is 2.17. The van der Waals surface area contributed by atoms with Crippen molar-refractivity contribution in [3.05, 3.63) is 35.6 Å². The Labute approximate surface area is 124 Å². The molecule has 0 aromatic carbocycles. The van der Waals surface area contributed by atoms with E-state index in [1.54, 1.807) is 5.57 Å². The minimum absolute atomic E-state index is 0.725. The zero-order chi connectivity index (χ0) is 14.4. The largest absolute Gasteiger partial charge is 0.378 e. The van der Waals surface area contributed by atoms with Gasteiger partial charge in [0.15, 0.2) is 0 Å². The summed E-state index contributed by atoms with van der Waals surface area (Å²) in [5, 5.41) is 3.40. The molecule has 2 aliphatic rings. The number of likely N-dealkylation sites (N-methyl/N-ethyl adjacent to an activating group) is 1. The van der Waals surface area contributed by atoms with E-state index in [1.165, 1.54) is 31.6 Å². The Balaban J connectivity index is 1.85. The maximum atomic E-state index is 3.40. The number of hydrogen-bond acceptors (Lipinski definition) is 3. The first-order valence-corrected chi connectivity index (χ1v) is 7.80. The van der Waals surface area contributed by atoms with Crippen molar-refractivity contribution >= 4 is 0 Å². The minimum Gasteiger partial charge on any atom is -0.378 e. The Morgan fingerprint density at radius 2 is 2.00 bits per heavy atom. The van der Waals surface area contributed by atoms with Gasteiger partial charge in [0.05, 0.1) is 0 Å². The van der Waals surface area contributed by atoms with E-state index in [0.29, 0.717) is 0 Å². The molecule has 0 spiro atoms. The molecule has 0 amide bonds. The zero-order valence-electron chi connectivity index (χ0n) is 13.2. The van der Waals surface area contributed by atoms with Crippen LogP contribution in [0.25, 0.3) is 0 Å². The fourth-order valence-electron chi connectivity index (χ4n) is 2.96. The van der Waals surface area contributed by atoms with Crippen LogP contribution >= 0.6 is 0 Å². The summed E-state index contributed by atoms with van der Waals surface area (Å²) in [7, 11) is 6.29. The first-order chi connectivity index (χ1) is 9.69. The normalized spacial score (nSPS) is 26.1. The molecule has 1 aliphatic carbocycles. The van der Waals surface area contributed by atoms with E-state index >= 15 is 0 Å². The third kappa shape index (κ3) is 4.50. The van der Waals surface area contributed by atoms with E-state index in [9.17, 15) is 0 Å². The number of piperidine rings is 1. The summed E-state index contributed by atoms with van der Waals surface area (Å²) < 4.78 is 0. The molecule has 0 aromatic heterocycles. The van der Waals surface area contributed by atoms with Crippen molar-refractivity contribution in [2.45, 2.75) is 31.7 Å². The Morgan fingerprint density at radius 1 is 1.25 bits per heavy atom. The molecule has 0 radical (unpaired) electrons. The zero-order valence-corrected chi connectivity index (χ0v) is 13.2. The predicted molar refractivity (Wildman–Crippen MR) is 86.7 cm³/mol. The van der Waals surface area contributed by atoms with E-state index in [1.807, 2.05) is 0 Å². The van der Waals surface area contributed by atoms with Crippen molar-refractivity contribution in [1.82, 2.24) is 15.1 Å². The van der Waals surface area contributed by atoms with Gasteiger partial charge in [0.2, 0.25) is 0 Å². The maximum Gasteiger partial charge on any atom is 0.0320 e. The van der Waals surface area contributed by atoms with Crippen LogP contribution in [-0.2, 0) is 0 Å². The van der Waals surface area contributed by atoms with E-state index in [4.69, 9.17) is 0 Å². The summed E-state index contributed by atoms with van der Waals surface area (Å²) in [6.45, 7) is 3.60. The number of allylic oxidation sites excluding steroid dienone is 4. The number of nitrogens with one attached hydrogen (secondary N) is 1. The lowest BCUT2D eigenvalue weighted by molar-refractivity contribution is 0.215. The second-order valence-electron chi connectivity index (χ2n) is 6.07. The van der Waals surface area contributed by atoms with E-state index in [2.05, 4.69) is 60.6 Å². The topological polar surface area (TPSA) is 18.5 Å². The van der Waals surface area contributed by atoms with Gasteiger partial charge in [-0.25, -0.2) is 0 Å². The summed E-state index contributed by atoms with van der Waals surface area (Å²) in [6, 6.07) is 0.725. The fourth-order valence-corrected chi connectivity index (χ4v) is 2.96. The first-order valence-electron chi connectivity index (χ1n) is 7.80. The van der Waals surface area contributed by atoms with Crippen LogP contribution in [0, 0.1) is 0 Å².